The largest absolute Gasteiger partial charge is 0.416 e. The summed E-state index contributed by atoms with van der Waals surface area (Å²) in [5.74, 6) is 0.723. The molecule has 0 radical (unpaired) electrons. The molecule has 0 spiro atoms. The summed E-state index contributed by atoms with van der Waals surface area (Å²) in [6, 6.07) is 13.8. The Balaban J connectivity index is 2.24. The van der Waals surface area contributed by atoms with E-state index in [4.69, 9.17) is 0 Å². The third kappa shape index (κ3) is 3.90. The normalized spacial score (nSPS) is 13.4. The van der Waals surface area contributed by atoms with Gasteiger partial charge in [-0.1, -0.05) is 50.2 Å². The van der Waals surface area contributed by atoms with Crippen LogP contribution >= 0.6 is 0 Å². The van der Waals surface area contributed by atoms with Crippen LogP contribution in [-0.2, 0) is 12.6 Å². The molecule has 0 aliphatic heterocycles. The topological polar surface area (TPSA) is 0 Å². The quantitative estimate of drug-likeness (QED) is 0.650. The third-order valence-corrected chi connectivity index (χ3v) is 4.13. The summed E-state index contributed by atoms with van der Waals surface area (Å²) in [7, 11) is 0. The minimum atomic E-state index is -4.27. The number of rotatable bonds is 4. The first-order chi connectivity index (χ1) is 10.3. The average Bonchev–Trinajstić information content (AvgIpc) is 2.45. The summed E-state index contributed by atoms with van der Waals surface area (Å²) in [5.41, 5.74) is 2.86. The van der Waals surface area contributed by atoms with Crippen molar-refractivity contribution < 1.29 is 13.2 Å². The van der Waals surface area contributed by atoms with E-state index in [0.717, 1.165) is 12.0 Å². The van der Waals surface area contributed by atoms with Crippen molar-refractivity contribution in [2.24, 2.45) is 5.92 Å². The summed E-state index contributed by atoms with van der Waals surface area (Å²) < 4.78 is 37.9. The van der Waals surface area contributed by atoms with Gasteiger partial charge in [0, 0.05) is 0 Å². The van der Waals surface area contributed by atoms with E-state index >= 15 is 0 Å². The first-order valence-electron chi connectivity index (χ1n) is 7.50. The van der Waals surface area contributed by atoms with Gasteiger partial charge in [0.15, 0.2) is 0 Å². The van der Waals surface area contributed by atoms with Crippen LogP contribution < -0.4 is 0 Å². The second kappa shape index (κ2) is 6.55. The van der Waals surface area contributed by atoms with E-state index in [2.05, 4.69) is 32.9 Å². The van der Waals surface area contributed by atoms with E-state index in [1.165, 1.54) is 23.3 Å². The number of alkyl halides is 3. The Labute approximate surface area is 130 Å². The standard InChI is InChI=1S/C19H21F3/c1-13(2)18(17-7-5-4-6-14(17)3)12-15-8-10-16(11-9-15)19(20,21)22/h4-11,13,18H,12H2,1-3H3. The lowest BCUT2D eigenvalue weighted by molar-refractivity contribution is -0.137. The van der Waals surface area contributed by atoms with Crippen molar-refractivity contribution in [2.75, 3.05) is 0 Å². The first kappa shape index (κ1) is 16.6. The Morgan fingerprint density at radius 2 is 1.50 bits per heavy atom. The predicted molar refractivity (Wildman–Crippen MR) is 83.9 cm³/mol. The van der Waals surface area contributed by atoms with Crippen molar-refractivity contribution in [3.63, 3.8) is 0 Å². The van der Waals surface area contributed by atoms with Crippen LogP contribution in [-0.4, -0.2) is 0 Å². The van der Waals surface area contributed by atoms with Crippen LogP contribution in [0.25, 0.3) is 0 Å². The zero-order valence-corrected chi connectivity index (χ0v) is 13.1. The molecule has 2 aromatic carbocycles. The summed E-state index contributed by atoms with van der Waals surface area (Å²) in [6.45, 7) is 6.39. The molecule has 0 nitrogen and oxygen atoms in total. The van der Waals surface area contributed by atoms with E-state index in [1.807, 2.05) is 12.1 Å². The van der Waals surface area contributed by atoms with Gasteiger partial charge in [-0.25, -0.2) is 0 Å². The smallest absolute Gasteiger partial charge is 0.166 e. The predicted octanol–water partition coefficient (Wildman–Crippen LogP) is 6.00. The van der Waals surface area contributed by atoms with Gasteiger partial charge in [-0.05, 0) is 54.0 Å². The van der Waals surface area contributed by atoms with Gasteiger partial charge in [0.25, 0.3) is 0 Å². The average molecular weight is 306 g/mol. The van der Waals surface area contributed by atoms with Crippen molar-refractivity contribution >= 4 is 0 Å². The van der Waals surface area contributed by atoms with E-state index in [0.29, 0.717) is 11.8 Å². The number of halogens is 3. The summed E-state index contributed by atoms with van der Waals surface area (Å²) in [6.07, 6.45) is -3.52. The highest BCUT2D eigenvalue weighted by molar-refractivity contribution is 5.32. The van der Waals surface area contributed by atoms with Crippen LogP contribution in [0, 0.1) is 12.8 Å². The van der Waals surface area contributed by atoms with E-state index in [-0.39, 0.29) is 0 Å². The number of benzene rings is 2. The van der Waals surface area contributed by atoms with Crippen LogP contribution in [0.3, 0.4) is 0 Å². The van der Waals surface area contributed by atoms with Gasteiger partial charge in [-0.3, -0.25) is 0 Å². The molecule has 1 unspecified atom stereocenters. The molecule has 22 heavy (non-hydrogen) atoms. The Hall–Kier alpha value is -1.77. The highest BCUT2D eigenvalue weighted by Gasteiger charge is 2.30. The molecule has 0 N–H and O–H groups in total. The van der Waals surface area contributed by atoms with Crippen LogP contribution in [0.4, 0.5) is 13.2 Å². The highest BCUT2D eigenvalue weighted by atomic mass is 19.4. The maximum absolute atomic E-state index is 12.6. The monoisotopic (exact) mass is 306 g/mol. The second-order valence-electron chi connectivity index (χ2n) is 6.11. The molecular formula is C19H21F3. The molecule has 0 amide bonds. The van der Waals surface area contributed by atoms with Gasteiger partial charge in [0.05, 0.1) is 5.56 Å². The highest BCUT2D eigenvalue weighted by Crippen LogP contribution is 2.32. The molecule has 3 heteroatoms. The van der Waals surface area contributed by atoms with Gasteiger partial charge in [0.2, 0.25) is 0 Å². The van der Waals surface area contributed by atoms with E-state index in [1.54, 1.807) is 12.1 Å². The Morgan fingerprint density at radius 1 is 0.909 bits per heavy atom. The minimum Gasteiger partial charge on any atom is -0.166 e. The van der Waals surface area contributed by atoms with E-state index in [9.17, 15) is 13.2 Å². The molecule has 2 aromatic rings. The van der Waals surface area contributed by atoms with Gasteiger partial charge < -0.3 is 0 Å². The molecule has 0 saturated heterocycles. The van der Waals surface area contributed by atoms with Crippen LogP contribution in [0.2, 0.25) is 0 Å². The SMILES string of the molecule is Cc1ccccc1C(Cc1ccc(C(F)(F)F)cc1)C(C)C. The Morgan fingerprint density at radius 3 is 2.00 bits per heavy atom. The maximum Gasteiger partial charge on any atom is 0.416 e. The third-order valence-electron chi connectivity index (χ3n) is 4.13. The molecule has 2 rings (SSSR count). The fraction of sp³-hybridized carbons (Fsp3) is 0.368. The van der Waals surface area contributed by atoms with Crippen molar-refractivity contribution in [2.45, 2.75) is 39.3 Å². The molecule has 0 aromatic heterocycles. The van der Waals surface area contributed by atoms with Crippen LogP contribution in [0.15, 0.2) is 48.5 Å². The second-order valence-corrected chi connectivity index (χ2v) is 6.11. The summed E-state index contributed by atoms with van der Waals surface area (Å²) in [5, 5.41) is 0. The maximum atomic E-state index is 12.6. The number of aryl methyl sites for hydroxylation is 1. The van der Waals surface area contributed by atoms with Crippen molar-refractivity contribution in [3.05, 3.63) is 70.8 Å². The Bertz CT molecular complexity index is 609. The molecule has 0 aliphatic carbocycles. The Kier molecular flexibility index (Phi) is 4.94. The molecule has 0 fully saturated rings. The molecular weight excluding hydrogens is 285 g/mol. The zero-order chi connectivity index (χ0) is 16.3. The van der Waals surface area contributed by atoms with Gasteiger partial charge in [0.1, 0.15) is 0 Å². The summed E-state index contributed by atoms with van der Waals surface area (Å²) >= 11 is 0. The summed E-state index contributed by atoms with van der Waals surface area (Å²) in [4.78, 5) is 0. The molecule has 0 heterocycles. The fourth-order valence-corrected chi connectivity index (χ4v) is 2.79. The number of hydrogen-bond donors (Lipinski definition) is 0. The van der Waals surface area contributed by atoms with Crippen molar-refractivity contribution in [1.82, 2.24) is 0 Å². The van der Waals surface area contributed by atoms with Gasteiger partial charge in [-0.15, -0.1) is 0 Å². The molecule has 1 atom stereocenters. The van der Waals surface area contributed by atoms with Crippen molar-refractivity contribution in [3.8, 4) is 0 Å². The van der Waals surface area contributed by atoms with Gasteiger partial charge >= 0.3 is 6.18 Å². The molecule has 0 saturated carbocycles. The molecule has 0 aliphatic rings. The minimum absolute atomic E-state index is 0.304. The van der Waals surface area contributed by atoms with Crippen molar-refractivity contribution in [1.29, 1.82) is 0 Å². The lowest BCUT2D eigenvalue weighted by Crippen LogP contribution is -2.12. The fourth-order valence-electron chi connectivity index (χ4n) is 2.79. The molecule has 0 bridgehead atoms. The van der Waals surface area contributed by atoms with E-state index < -0.39 is 11.7 Å². The van der Waals surface area contributed by atoms with Crippen LogP contribution in [0.5, 0.6) is 0 Å². The lowest BCUT2D eigenvalue weighted by atomic mass is 9.81. The lowest BCUT2D eigenvalue weighted by Gasteiger charge is -2.23. The number of hydrogen-bond acceptors (Lipinski definition) is 0. The molecule has 118 valence electrons. The first-order valence-corrected chi connectivity index (χ1v) is 7.50. The van der Waals surface area contributed by atoms with Gasteiger partial charge in [-0.2, -0.15) is 13.2 Å². The zero-order valence-electron chi connectivity index (χ0n) is 13.1. The van der Waals surface area contributed by atoms with Crippen LogP contribution in [0.1, 0.15) is 42.0 Å².